The molecule has 0 heterocycles. The van der Waals surface area contributed by atoms with E-state index in [1.54, 1.807) is 32.0 Å². The minimum atomic E-state index is -3.77. The van der Waals surface area contributed by atoms with E-state index in [1.807, 2.05) is 12.3 Å². The van der Waals surface area contributed by atoms with Gasteiger partial charge in [0.25, 0.3) is 5.91 Å². The van der Waals surface area contributed by atoms with Crippen molar-refractivity contribution in [2.24, 2.45) is 0 Å². The van der Waals surface area contributed by atoms with Crippen molar-refractivity contribution in [1.82, 2.24) is 4.31 Å². The fourth-order valence-corrected chi connectivity index (χ4v) is 4.39. The highest BCUT2D eigenvalue weighted by molar-refractivity contribution is 7.98. The summed E-state index contributed by atoms with van der Waals surface area (Å²) in [6.07, 6.45) is 1.90. The maximum atomic E-state index is 14.1. The van der Waals surface area contributed by atoms with E-state index in [1.165, 1.54) is 22.1 Å². The fourth-order valence-electron chi connectivity index (χ4n) is 2.45. The number of anilines is 1. The summed E-state index contributed by atoms with van der Waals surface area (Å²) < 4.78 is 40.6. The molecule has 2 aromatic carbocycles. The van der Waals surface area contributed by atoms with Crippen LogP contribution in [0, 0.1) is 5.82 Å². The highest BCUT2D eigenvalue weighted by atomic mass is 32.2. The van der Waals surface area contributed by atoms with E-state index < -0.39 is 21.7 Å². The van der Waals surface area contributed by atoms with Crippen LogP contribution in [0.4, 0.5) is 10.1 Å². The number of hydrogen-bond acceptors (Lipinski definition) is 4. The van der Waals surface area contributed by atoms with Gasteiger partial charge >= 0.3 is 0 Å². The molecule has 2 aromatic rings. The van der Waals surface area contributed by atoms with Crippen LogP contribution >= 0.6 is 11.8 Å². The number of nitrogens with zero attached hydrogens (tertiary/aromatic N) is 1. The summed E-state index contributed by atoms with van der Waals surface area (Å²) in [5.41, 5.74) is 0.200. The molecule has 2 rings (SSSR count). The summed E-state index contributed by atoms with van der Waals surface area (Å²) in [6, 6.07) is 10.4. The normalized spacial score (nSPS) is 11.6. The second-order valence-corrected chi connectivity index (χ2v) is 8.23. The first kappa shape index (κ1) is 20.4. The number of nitrogens with one attached hydrogen (secondary N) is 1. The van der Waals surface area contributed by atoms with Gasteiger partial charge in [-0.15, -0.1) is 11.8 Å². The molecule has 0 unspecified atom stereocenters. The van der Waals surface area contributed by atoms with Crippen LogP contribution in [0.5, 0.6) is 0 Å². The van der Waals surface area contributed by atoms with Crippen molar-refractivity contribution in [3.63, 3.8) is 0 Å². The number of halogens is 1. The Kier molecular flexibility index (Phi) is 6.80. The van der Waals surface area contributed by atoms with Gasteiger partial charge in [0.15, 0.2) is 0 Å². The van der Waals surface area contributed by atoms with Gasteiger partial charge in [-0.25, -0.2) is 12.8 Å². The molecule has 26 heavy (non-hydrogen) atoms. The Hall–Kier alpha value is -1.90. The molecule has 5 nitrogen and oxygen atoms in total. The molecule has 0 saturated heterocycles. The fraction of sp³-hybridized carbons (Fsp3) is 0.278. The van der Waals surface area contributed by atoms with Crippen LogP contribution in [0.15, 0.2) is 52.3 Å². The minimum Gasteiger partial charge on any atom is -0.322 e. The molecule has 0 aromatic heterocycles. The maximum Gasteiger partial charge on any atom is 0.258 e. The third kappa shape index (κ3) is 4.44. The van der Waals surface area contributed by atoms with Gasteiger partial charge in [-0.1, -0.05) is 19.9 Å². The number of benzene rings is 2. The van der Waals surface area contributed by atoms with Crippen LogP contribution < -0.4 is 5.32 Å². The molecule has 140 valence electrons. The SMILES string of the molecule is CCN(CC)S(=O)(=O)c1ccc(F)c(C(=O)Nc2cccc(SC)c2)c1. The number of hydrogen-bond donors (Lipinski definition) is 1. The average molecular weight is 397 g/mol. The van der Waals surface area contributed by atoms with Crippen molar-refractivity contribution < 1.29 is 17.6 Å². The first-order valence-corrected chi connectivity index (χ1v) is 10.7. The quantitative estimate of drug-likeness (QED) is 0.723. The molecule has 0 atom stereocenters. The molecule has 8 heteroatoms. The summed E-state index contributed by atoms with van der Waals surface area (Å²) in [6.45, 7) is 4.02. The summed E-state index contributed by atoms with van der Waals surface area (Å²) in [4.78, 5) is 13.3. The van der Waals surface area contributed by atoms with Gasteiger partial charge in [0.2, 0.25) is 10.0 Å². The van der Waals surface area contributed by atoms with E-state index in [0.29, 0.717) is 18.8 Å². The van der Waals surface area contributed by atoms with Crippen LogP contribution in [0.2, 0.25) is 0 Å². The van der Waals surface area contributed by atoms with Crippen molar-refractivity contribution >= 4 is 33.4 Å². The summed E-state index contributed by atoms with van der Waals surface area (Å²) in [7, 11) is -3.77. The van der Waals surface area contributed by atoms with Gasteiger partial charge in [-0.05, 0) is 42.7 Å². The van der Waals surface area contributed by atoms with E-state index in [0.717, 1.165) is 17.0 Å². The van der Waals surface area contributed by atoms with Crippen LogP contribution in [-0.4, -0.2) is 38.0 Å². The molecule has 1 N–H and O–H groups in total. The summed E-state index contributed by atoms with van der Waals surface area (Å²) in [5, 5.41) is 2.61. The Morgan fingerprint density at radius 1 is 1.15 bits per heavy atom. The molecule has 0 bridgehead atoms. The first-order valence-electron chi connectivity index (χ1n) is 8.08. The minimum absolute atomic E-state index is 0.106. The highest BCUT2D eigenvalue weighted by Gasteiger charge is 2.24. The van der Waals surface area contributed by atoms with Gasteiger partial charge in [0, 0.05) is 23.7 Å². The molecular weight excluding hydrogens is 375 g/mol. The van der Waals surface area contributed by atoms with Crippen LogP contribution in [0.25, 0.3) is 0 Å². The zero-order chi connectivity index (χ0) is 19.3. The molecule has 0 aliphatic carbocycles. The Labute approximate surface area is 157 Å². The second-order valence-electron chi connectivity index (χ2n) is 5.42. The lowest BCUT2D eigenvalue weighted by atomic mass is 10.2. The van der Waals surface area contributed by atoms with Crippen molar-refractivity contribution in [1.29, 1.82) is 0 Å². The highest BCUT2D eigenvalue weighted by Crippen LogP contribution is 2.22. The number of carbonyl (C=O) groups is 1. The molecular formula is C18H21FN2O3S2. The Bertz CT molecular complexity index is 897. The summed E-state index contributed by atoms with van der Waals surface area (Å²) in [5.74, 6) is -1.47. The van der Waals surface area contributed by atoms with Crippen LogP contribution in [-0.2, 0) is 10.0 Å². The standard InChI is InChI=1S/C18H21FN2O3S2/c1-4-21(5-2)26(23,24)15-9-10-17(19)16(12-15)18(22)20-13-7-6-8-14(11-13)25-3/h6-12H,4-5H2,1-3H3,(H,20,22). The van der Waals surface area contributed by atoms with Crippen LogP contribution in [0.3, 0.4) is 0 Å². The Morgan fingerprint density at radius 3 is 2.46 bits per heavy atom. The third-order valence-electron chi connectivity index (χ3n) is 3.85. The summed E-state index contributed by atoms with van der Waals surface area (Å²) >= 11 is 1.51. The molecule has 0 aliphatic rings. The largest absolute Gasteiger partial charge is 0.322 e. The first-order chi connectivity index (χ1) is 12.3. The number of sulfonamides is 1. The Morgan fingerprint density at radius 2 is 1.85 bits per heavy atom. The van der Waals surface area contributed by atoms with Gasteiger partial charge in [0.05, 0.1) is 10.5 Å². The Balaban J connectivity index is 2.36. The van der Waals surface area contributed by atoms with Gasteiger partial charge < -0.3 is 5.32 Å². The van der Waals surface area contributed by atoms with E-state index in [4.69, 9.17) is 0 Å². The topological polar surface area (TPSA) is 66.5 Å². The number of thioether (sulfide) groups is 1. The lowest BCUT2D eigenvalue weighted by Crippen LogP contribution is -2.31. The average Bonchev–Trinajstić information content (AvgIpc) is 2.62. The number of rotatable bonds is 7. The monoisotopic (exact) mass is 396 g/mol. The molecule has 0 radical (unpaired) electrons. The molecule has 0 saturated carbocycles. The molecule has 1 amide bonds. The maximum absolute atomic E-state index is 14.1. The molecule has 0 fully saturated rings. The zero-order valence-electron chi connectivity index (χ0n) is 14.8. The van der Waals surface area contributed by atoms with Crippen molar-refractivity contribution in [2.45, 2.75) is 23.6 Å². The predicted octanol–water partition coefficient (Wildman–Crippen LogP) is 3.83. The van der Waals surface area contributed by atoms with E-state index in [-0.39, 0.29) is 10.5 Å². The van der Waals surface area contributed by atoms with Crippen LogP contribution in [0.1, 0.15) is 24.2 Å². The van der Waals surface area contributed by atoms with Crippen molar-refractivity contribution in [2.75, 3.05) is 24.7 Å². The van der Waals surface area contributed by atoms with E-state index in [2.05, 4.69) is 5.32 Å². The molecule has 0 aliphatic heterocycles. The lowest BCUT2D eigenvalue weighted by molar-refractivity contribution is 0.102. The van der Waals surface area contributed by atoms with E-state index >= 15 is 0 Å². The zero-order valence-corrected chi connectivity index (χ0v) is 16.5. The third-order valence-corrected chi connectivity index (χ3v) is 6.62. The van der Waals surface area contributed by atoms with Gasteiger partial charge in [-0.3, -0.25) is 4.79 Å². The second kappa shape index (κ2) is 8.66. The smallest absolute Gasteiger partial charge is 0.258 e. The number of carbonyl (C=O) groups excluding carboxylic acids is 1. The van der Waals surface area contributed by atoms with Gasteiger partial charge in [0.1, 0.15) is 5.82 Å². The van der Waals surface area contributed by atoms with Crippen molar-refractivity contribution in [3.05, 3.63) is 53.8 Å². The van der Waals surface area contributed by atoms with Gasteiger partial charge in [-0.2, -0.15) is 4.31 Å². The predicted molar refractivity (Wildman–Crippen MR) is 103 cm³/mol. The van der Waals surface area contributed by atoms with Crippen molar-refractivity contribution in [3.8, 4) is 0 Å². The number of amides is 1. The lowest BCUT2D eigenvalue weighted by Gasteiger charge is -2.19. The molecule has 0 spiro atoms. The van der Waals surface area contributed by atoms with E-state index in [9.17, 15) is 17.6 Å².